The van der Waals surface area contributed by atoms with Crippen LogP contribution in [0, 0.1) is 5.92 Å². The fourth-order valence-electron chi connectivity index (χ4n) is 2.09. The van der Waals surface area contributed by atoms with E-state index in [1.807, 2.05) is 0 Å². The summed E-state index contributed by atoms with van der Waals surface area (Å²) in [5.74, 6) is -0.269. The van der Waals surface area contributed by atoms with Crippen LogP contribution in [0.25, 0.3) is 0 Å². The number of ether oxygens (including phenoxy) is 1. The number of carboxylic acid groups (broad SMARTS) is 1. The van der Waals surface area contributed by atoms with E-state index < -0.39 is 5.97 Å². The van der Waals surface area contributed by atoms with Gasteiger partial charge in [-0.25, -0.2) is 0 Å². The third-order valence-corrected chi connectivity index (χ3v) is 2.99. The van der Waals surface area contributed by atoms with E-state index in [1.165, 1.54) is 0 Å². The molecule has 1 aliphatic rings. The molecule has 0 spiro atoms. The Bertz CT molecular complexity index is 188. The molecular formula is C11H21NO3. The van der Waals surface area contributed by atoms with Gasteiger partial charge in [-0.15, -0.1) is 0 Å². The Hall–Kier alpha value is -0.610. The molecule has 88 valence electrons. The number of piperidine rings is 1. The Kier molecular flexibility index (Phi) is 5.65. The topological polar surface area (TPSA) is 49.8 Å². The molecule has 1 aliphatic heterocycles. The first kappa shape index (κ1) is 12.5. The SMILES string of the molecule is COCCCN1CCC(CC(=O)O)CC1. The predicted molar refractivity (Wildman–Crippen MR) is 57.9 cm³/mol. The molecule has 0 aliphatic carbocycles. The molecule has 1 heterocycles. The second-order valence-electron chi connectivity index (χ2n) is 4.23. The summed E-state index contributed by atoms with van der Waals surface area (Å²) in [6.45, 7) is 3.98. The Morgan fingerprint density at radius 2 is 2.13 bits per heavy atom. The zero-order valence-corrected chi connectivity index (χ0v) is 9.45. The maximum absolute atomic E-state index is 10.5. The van der Waals surface area contributed by atoms with Crippen molar-refractivity contribution in [1.29, 1.82) is 0 Å². The van der Waals surface area contributed by atoms with Crippen molar-refractivity contribution in [2.45, 2.75) is 25.7 Å². The van der Waals surface area contributed by atoms with E-state index in [1.54, 1.807) is 7.11 Å². The fraction of sp³-hybridized carbons (Fsp3) is 0.909. The molecule has 0 atom stereocenters. The second kappa shape index (κ2) is 6.80. The first-order valence-electron chi connectivity index (χ1n) is 5.65. The van der Waals surface area contributed by atoms with Crippen molar-refractivity contribution in [3.05, 3.63) is 0 Å². The Balaban J connectivity index is 2.10. The lowest BCUT2D eigenvalue weighted by atomic mass is 9.93. The highest BCUT2D eigenvalue weighted by Crippen LogP contribution is 2.20. The van der Waals surface area contributed by atoms with Gasteiger partial charge in [0.1, 0.15) is 0 Å². The maximum Gasteiger partial charge on any atom is 0.303 e. The van der Waals surface area contributed by atoms with Crippen molar-refractivity contribution in [3.63, 3.8) is 0 Å². The summed E-state index contributed by atoms with van der Waals surface area (Å²) in [5, 5.41) is 8.67. The number of rotatable bonds is 6. The van der Waals surface area contributed by atoms with Crippen LogP contribution in [0.2, 0.25) is 0 Å². The fourth-order valence-corrected chi connectivity index (χ4v) is 2.09. The number of aliphatic carboxylic acids is 1. The Morgan fingerprint density at radius 1 is 1.47 bits per heavy atom. The summed E-state index contributed by atoms with van der Waals surface area (Å²) in [5.41, 5.74) is 0. The zero-order chi connectivity index (χ0) is 11.1. The van der Waals surface area contributed by atoms with Crippen LogP contribution in [-0.2, 0) is 9.53 Å². The number of likely N-dealkylation sites (tertiary alicyclic amines) is 1. The van der Waals surface area contributed by atoms with E-state index in [2.05, 4.69) is 4.90 Å². The van der Waals surface area contributed by atoms with Crippen LogP contribution >= 0.6 is 0 Å². The standard InChI is InChI=1S/C11H21NO3/c1-15-8-2-5-12-6-3-10(4-7-12)9-11(13)14/h10H,2-9H2,1H3,(H,13,14). The van der Waals surface area contributed by atoms with E-state index in [0.717, 1.165) is 45.5 Å². The van der Waals surface area contributed by atoms with E-state index in [9.17, 15) is 4.79 Å². The van der Waals surface area contributed by atoms with Crippen molar-refractivity contribution >= 4 is 5.97 Å². The van der Waals surface area contributed by atoms with Crippen molar-refractivity contribution in [1.82, 2.24) is 4.90 Å². The van der Waals surface area contributed by atoms with E-state index in [4.69, 9.17) is 9.84 Å². The molecule has 1 fully saturated rings. The molecule has 0 aromatic heterocycles. The quantitative estimate of drug-likeness (QED) is 0.677. The van der Waals surface area contributed by atoms with Crippen LogP contribution in [0.15, 0.2) is 0 Å². The Morgan fingerprint density at radius 3 is 2.67 bits per heavy atom. The van der Waals surface area contributed by atoms with Crippen molar-refractivity contribution in [2.24, 2.45) is 5.92 Å². The van der Waals surface area contributed by atoms with Crippen LogP contribution in [0.1, 0.15) is 25.7 Å². The smallest absolute Gasteiger partial charge is 0.303 e. The van der Waals surface area contributed by atoms with Gasteiger partial charge in [-0.1, -0.05) is 0 Å². The monoisotopic (exact) mass is 215 g/mol. The average molecular weight is 215 g/mol. The molecule has 1 saturated heterocycles. The number of methoxy groups -OCH3 is 1. The molecule has 0 saturated carbocycles. The van der Waals surface area contributed by atoms with Crippen LogP contribution in [-0.4, -0.2) is 49.3 Å². The van der Waals surface area contributed by atoms with Gasteiger partial charge < -0.3 is 14.7 Å². The molecule has 0 aromatic rings. The largest absolute Gasteiger partial charge is 0.481 e. The molecule has 4 heteroatoms. The minimum Gasteiger partial charge on any atom is -0.481 e. The molecule has 0 unspecified atom stereocenters. The average Bonchev–Trinajstić information content (AvgIpc) is 2.20. The van der Waals surface area contributed by atoms with Crippen molar-refractivity contribution < 1.29 is 14.6 Å². The summed E-state index contributed by atoms with van der Waals surface area (Å²) >= 11 is 0. The molecule has 0 amide bonds. The molecule has 0 aromatic carbocycles. The third-order valence-electron chi connectivity index (χ3n) is 2.99. The van der Waals surface area contributed by atoms with Crippen molar-refractivity contribution in [2.75, 3.05) is 33.4 Å². The van der Waals surface area contributed by atoms with Crippen LogP contribution < -0.4 is 0 Å². The van der Waals surface area contributed by atoms with Crippen LogP contribution in [0.5, 0.6) is 0 Å². The predicted octanol–water partition coefficient (Wildman–Crippen LogP) is 1.21. The lowest BCUT2D eigenvalue weighted by molar-refractivity contribution is -0.138. The summed E-state index contributed by atoms with van der Waals surface area (Å²) in [6, 6.07) is 0. The molecule has 1 N–H and O–H groups in total. The van der Waals surface area contributed by atoms with Gasteiger partial charge in [0.05, 0.1) is 0 Å². The number of hydrogen-bond acceptors (Lipinski definition) is 3. The molecule has 15 heavy (non-hydrogen) atoms. The van der Waals surface area contributed by atoms with Gasteiger partial charge >= 0.3 is 5.97 Å². The molecule has 0 radical (unpaired) electrons. The highest BCUT2D eigenvalue weighted by atomic mass is 16.5. The minimum absolute atomic E-state index is 0.339. The first-order valence-corrected chi connectivity index (χ1v) is 5.65. The lowest BCUT2D eigenvalue weighted by Gasteiger charge is -2.31. The zero-order valence-electron chi connectivity index (χ0n) is 9.45. The first-order chi connectivity index (χ1) is 7.22. The van der Waals surface area contributed by atoms with Gasteiger partial charge in [-0.05, 0) is 38.3 Å². The summed E-state index contributed by atoms with van der Waals surface area (Å²) in [7, 11) is 1.72. The Labute approximate surface area is 91.2 Å². The van der Waals surface area contributed by atoms with Crippen LogP contribution in [0.4, 0.5) is 0 Å². The second-order valence-corrected chi connectivity index (χ2v) is 4.23. The highest BCUT2D eigenvalue weighted by Gasteiger charge is 2.20. The van der Waals surface area contributed by atoms with Crippen molar-refractivity contribution in [3.8, 4) is 0 Å². The van der Waals surface area contributed by atoms with Crippen LogP contribution in [0.3, 0.4) is 0 Å². The molecular weight excluding hydrogens is 194 g/mol. The number of carboxylic acids is 1. The summed E-state index contributed by atoms with van der Waals surface area (Å²) < 4.78 is 5.00. The van der Waals surface area contributed by atoms with Gasteiger partial charge in [0, 0.05) is 26.7 Å². The highest BCUT2D eigenvalue weighted by molar-refractivity contribution is 5.67. The van der Waals surface area contributed by atoms with Gasteiger partial charge in [-0.3, -0.25) is 4.79 Å². The van der Waals surface area contributed by atoms with E-state index in [0.29, 0.717) is 12.3 Å². The lowest BCUT2D eigenvalue weighted by Crippen LogP contribution is -2.35. The minimum atomic E-state index is -0.659. The number of carbonyl (C=O) groups is 1. The summed E-state index contributed by atoms with van der Waals surface area (Å²) in [4.78, 5) is 12.9. The third kappa shape index (κ3) is 5.14. The molecule has 1 rings (SSSR count). The van der Waals surface area contributed by atoms with E-state index >= 15 is 0 Å². The van der Waals surface area contributed by atoms with Gasteiger partial charge in [0.2, 0.25) is 0 Å². The number of hydrogen-bond donors (Lipinski definition) is 1. The number of nitrogens with zero attached hydrogens (tertiary/aromatic N) is 1. The normalized spacial score (nSPS) is 19.3. The summed E-state index contributed by atoms with van der Waals surface area (Å²) in [6.07, 6.45) is 3.46. The van der Waals surface area contributed by atoms with E-state index in [-0.39, 0.29) is 0 Å². The molecule has 4 nitrogen and oxygen atoms in total. The van der Waals surface area contributed by atoms with Gasteiger partial charge in [0.15, 0.2) is 0 Å². The molecule has 0 bridgehead atoms. The van der Waals surface area contributed by atoms with Gasteiger partial charge in [0.25, 0.3) is 0 Å². The van der Waals surface area contributed by atoms with Gasteiger partial charge in [-0.2, -0.15) is 0 Å². The maximum atomic E-state index is 10.5.